The van der Waals surface area contributed by atoms with Crippen LogP contribution in [0.2, 0.25) is 0 Å². The van der Waals surface area contributed by atoms with Crippen molar-refractivity contribution >= 4 is 5.91 Å². The lowest BCUT2D eigenvalue weighted by atomic mass is 9.88. The molecule has 15 heavy (non-hydrogen) atoms. The number of nitrogens with one attached hydrogen (secondary N) is 1. The zero-order valence-corrected chi connectivity index (χ0v) is 9.54. The van der Waals surface area contributed by atoms with Gasteiger partial charge in [-0.15, -0.1) is 0 Å². The molecule has 0 aromatic carbocycles. The van der Waals surface area contributed by atoms with Gasteiger partial charge in [0.1, 0.15) is 0 Å². The number of amides is 1. The summed E-state index contributed by atoms with van der Waals surface area (Å²) in [5.41, 5.74) is 5.47. The molecule has 4 unspecified atom stereocenters. The Bertz CT molecular complexity index is 242. The van der Waals surface area contributed by atoms with Crippen LogP contribution in [-0.4, -0.2) is 18.5 Å². The van der Waals surface area contributed by atoms with E-state index in [1.165, 1.54) is 19.3 Å². The van der Waals surface area contributed by atoms with Crippen molar-refractivity contribution in [2.45, 2.75) is 45.1 Å². The van der Waals surface area contributed by atoms with Crippen molar-refractivity contribution in [3.05, 3.63) is 0 Å². The van der Waals surface area contributed by atoms with Crippen molar-refractivity contribution in [3.8, 4) is 0 Å². The molecule has 2 fully saturated rings. The summed E-state index contributed by atoms with van der Waals surface area (Å²) >= 11 is 0. The lowest BCUT2D eigenvalue weighted by molar-refractivity contribution is -0.127. The molecule has 0 aromatic rings. The van der Waals surface area contributed by atoms with E-state index in [0.29, 0.717) is 18.4 Å². The van der Waals surface area contributed by atoms with Crippen molar-refractivity contribution in [2.24, 2.45) is 23.5 Å². The largest absolute Gasteiger partial charge is 0.353 e. The third-order valence-corrected chi connectivity index (χ3v) is 4.06. The van der Waals surface area contributed by atoms with Crippen LogP contribution in [0.4, 0.5) is 0 Å². The van der Waals surface area contributed by atoms with E-state index in [-0.39, 0.29) is 11.9 Å². The Balaban J connectivity index is 1.81. The Labute approximate surface area is 91.8 Å². The summed E-state index contributed by atoms with van der Waals surface area (Å²) < 4.78 is 0. The zero-order chi connectivity index (χ0) is 10.8. The summed E-state index contributed by atoms with van der Waals surface area (Å²) in [6.45, 7) is 2.69. The van der Waals surface area contributed by atoms with E-state index in [9.17, 15) is 4.79 Å². The normalized spacial score (nSPS) is 35.5. The van der Waals surface area contributed by atoms with E-state index < -0.39 is 0 Å². The van der Waals surface area contributed by atoms with Crippen molar-refractivity contribution in [1.82, 2.24) is 5.32 Å². The second-order valence-electron chi connectivity index (χ2n) is 5.27. The van der Waals surface area contributed by atoms with Crippen molar-refractivity contribution < 1.29 is 4.79 Å². The molecule has 86 valence electrons. The third-order valence-electron chi connectivity index (χ3n) is 4.06. The molecule has 0 aliphatic heterocycles. The Morgan fingerprint density at radius 3 is 2.80 bits per heavy atom. The number of carbonyl (C=O) groups excluding carboxylic acids is 1. The minimum atomic E-state index is 0.238. The minimum absolute atomic E-state index is 0.238. The van der Waals surface area contributed by atoms with Gasteiger partial charge < -0.3 is 11.1 Å². The van der Waals surface area contributed by atoms with Gasteiger partial charge in [-0.05, 0) is 51.0 Å². The maximum absolute atomic E-state index is 12.0. The van der Waals surface area contributed by atoms with Crippen LogP contribution >= 0.6 is 0 Å². The quantitative estimate of drug-likeness (QED) is 0.734. The average molecular weight is 210 g/mol. The molecule has 2 rings (SSSR count). The van der Waals surface area contributed by atoms with E-state index >= 15 is 0 Å². The maximum atomic E-state index is 12.0. The molecular weight excluding hydrogens is 188 g/mol. The monoisotopic (exact) mass is 210 g/mol. The lowest BCUT2D eigenvalue weighted by Gasteiger charge is -2.23. The molecule has 2 aliphatic rings. The molecule has 0 heterocycles. The van der Waals surface area contributed by atoms with Crippen LogP contribution in [0.1, 0.15) is 39.0 Å². The number of rotatable bonds is 4. The summed E-state index contributed by atoms with van der Waals surface area (Å²) in [4.78, 5) is 12.0. The number of fused-ring (bicyclic) bond motifs is 2. The van der Waals surface area contributed by atoms with Gasteiger partial charge in [-0.1, -0.05) is 6.42 Å². The van der Waals surface area contributed by atoms with Crippen LogP contribution < -0.4 is 11.1 Å². The van der Waals surface area contributed by atoms with Crippen LogP contribution in [0, 0.1) is 17.8 Å². The molecule has 0 aromatic heterocycles. The van der Waals surface area contributed by atoms with Gasteiger partial charge in [-0.2, -0.15) is 0 Å². The Kier molecular flexibility index (Phi) is 3.29. The standard InChI is InChI=1S/C12H22N2O/c1-8(4-5-13)14-12(15)11-7-9-2-3-10(11)6-9/h8-11H,2-7,13H2,1H3,(H,14,15). The highest BCUT2D eigenvalue weighted by Gasteiger charge is 2.43. The summed E-state index contributed by atoms with van der Waals surface area (Å²) in [7, 11) is 0. The van der Waals surface area contributed by atoms with Crippen LogP contribution in [0.15, 0.2) is 0 Å². The predicted octanol–water partition coefficient (Wildman–Crippen LogP) is 1.28. The summed E-state index contributed by atoms with van der Waals surface area (Å²) in [6, 6.07) is 0.238. The van der Waals surface area contributed by atoms with E-state index in [1.807, 2.05) is 6.92 Å². The van der Waals surface area contributed by atoms with Gasteiger partial charge in [0.25, 0.3) is 0 Å². The Hall–Kier alpha value is -0.570. The first-order valence-electron chi connectivity index (χ1n) is 6.21. The fraction of sp³-hybridized carbons (Fsp3) is 0.917. The number of hydrogen-bond donors (Lipinski definition) is 2. The first kappa shape index (κ1) is 10.9. The zero-order valence-electron chi connectivity index (χ0n) is 9.54. The van der Waals surface area contributed by atoms with Crippen LogP contribution in [0.5, 0.6) is 0 Å². The second-order valence-corrected chi connectivity index (χ2v) is 5.27. The topological polar surface area (TPSA) is 55.1 Å². The lowest BCUT2D eigenvalue weighted by Crippen LogP contribution is -2.39. The van der Waals surface area contributed by atoms with Crippen LogP contribution in [0.3, 0.4) is 0 Å². The van der Waals surface area contributed by atoms with Crippen molar-refractivity contribution in [3.63, 3.8) is 0 Å². The van der Waals surface area contributed by atoms with Gasteiger partial charge in [-0.25, -0.2) is 0 Å². The highest BCUT2D eigenvalue weighted by Crippen LogP contribution is 2.48. The van der Waals surface area contributed by atoms with Gasteiger partial charge in [-0.3, -0.25) is 4.79 Å². The average Bonchev–Trinajstić information content (AvgIpc) is 2.78. The van der Waals surface area contributed by atoms with Crippen LogP contribution in [0.25, 0.3) is 0 Å². The molecule has 2 saturated carbocycles. The Morgan fingerprint density at radius 1 is 1.47 bits per heavy atom. The van der Waals surface area contributed by atoms with Crippen molar-refractivity contribution in [2.75, 3.05) is 6.54 Å². The smallest absolute Gasteiger partial charge is 0.223 e. The molecule has 3 nitrogen and oxygen atoms in total. The van der Waals surface area contributed by atoms with Crippen molar-refractivity contribution in [1.29, 1.82) is 0 Å². The molecule has 0 spiro atoms. The predicted molar refractivity (Wildman–Crippen MR) is 60.2 cm³/mol. The number of nitrogens with two attached hydrogens (primary N) is 1. The third kappa shape index (κ3) is 2.33. The molecule has 3 N–H and O–H groups in total. The molecule has 0 radical (unpaired) electrons. The molecule has 1 amide bonds. The number of carbonyl (C=O) groups is 1. The molecule has 0 saturated heterocycles. The molecule has 2 aliphatic carbocycles. The summed E-state index contributed by atoms with van der Waals surface area (Å²) in [5.74, 6) is 2.11. The van der Waals surface area contributed by atoms with E-state index in [0.717, 1.165) is 18.8 Å². The SMILES string of the molecule is CC(CCN)NC(=O)C1CC2CCC1C2. The van der Waals surface area contributed by atoms with E-state index in [2.05, 4.69) is 5.32 Å². The van der Waals surface area contributed by atoms with E-state index in [1.54, 1.807) is 0 Å². The van der Waals surface area contributed by atoms with Crippen LogP contribution in [-0.2, 0) is 4.79 Å². The maximum Gasteiger partial charge on any atom is 0.223 e. The molecule has 4 atom stereocenters. The first-order valence-corrected chi connectivity index (χ1v) is 6.21. The highest BCUT2D eigenvalue weighted by molar-refractivity contribution is 5.79. The van der Waals surface area contributed by atoms with E-state index in [4.69, 9.17) is 5.73 Å². The Morgan fingerprint density at radius 2 is 2.27 bits per heavy atom. The molecular formula is C12H22N2O. The highest BCUT2D eigenvalue weighted by atomic mass is 16.2. The summed E-state index contributed by atoms with van der Waals surface area (Å²) in [6.07, 6.45) is 5.93. The molecule has 2 bridgehead atoms. The second kappa shape index (κ2) is 4.52. The minimum Gasteiger partial charge on any atom is -0.353 e. The van der Waals surface area contributed by atoms with Gasteiger partial charge in [0, 0.05) is 12.0 Å². The van der Waals surface area contributed by atoms with Gasteiger partial charge in [0.2, 0.25) is 5.91 Å². The fourth-order valence-electron chi connectivity index (χ4n) is 3.24. The van der Waals surface area contributed by atoms with Gasteiger partial charge in [0.05, 0.1) is 0 Å². The first-order chi connectivity index (χ1) is 7.20. The summed E-state index contributed by atoms with van der Waals surface area (Å²) in [5, 5.41) is 3.09. The van der Waals surface area contributed by atoms with Gasteiger partial charge >= 0.3 is 0 Å². The molecule has 3 heteroatoms. The number of hydrogen-bond acceptors (Lipinski definition) is 2. The van der Waals surface area contributed by atoms with Gasteiger partial charge in [0.15, 0.2) is 0 Å². The fourth-order valence-corrected chi connectivity index (χ4v) is 3.24.